The summed E-state index contributed by atoms with van der Waals surface area (Å²) in [4.78, 5) is 24.3. The Hall–Kier alpha value is -3.73. The highest BCUT2D eigenvalue weighted by molar-refractivity contribution is 5.62. The number of pyridine rings is 1. The van der Waals surface area contributed by atoms with Crippen LogP contribution in [0.5, 0.6) is 0 Å². The Morgan fingerprint density at radius 1 is 0.871 bits per heavy atom. The van der Waals surface area contributed by atoms with Crippen molar-refractivity contribution < 1.29 is 0 Å². The predicted octanol–water partition coefficient (Wildman–Crippen LogP) is 6.19. The van der Waals surface area contributed by atoms with Gasteiger partial charge in [0.2, 0.25) is 0 Å². The minimum absolute atomic E-state index is 0.0402. The predicted molar refractivity (Wildman–Crippen MR) is 123 cm³/mol. The number of aryl methyl sites for hydroxylation is 2. The molecule has 4 aromatic rings. The van der Waals surface area contributed by atoms with Crippen molar-refractivity contribution in [1.82, 2.24) is 15.0 Å². The van der Waals surface area contributed by atoms with Crippen LogP contribution in [0.2, 0.25) is 0 Å². The summed E-state index contributed by atoms with van der Waals surface area (Å²) in [6.45, 7) is 4.04. The lowest BCUT2D eigenvalue weighted by atomic mass is 9.82. The number of hydrogen-bond donors (Lipinski definition) is 0. The van der Waals surface area contributed by atoms with Crippen LogP contribution in [0.1, 0.15) is 46.3 Å². The number of nitrogens with zero attached hydrogens (tertiary/aromatic N) is 4. The fourth-order valence-electron chi connectivity index (χ4n) is 4.01. The number of hydrogen-bond acceptors (Lipinski definition) is 5. The summed E-state index contributed by atoms with van der Waals surface area (Å²) in [5.41, 5.74) is 7.37. The van der Waals surface area contributed by atoms with E-state index in [1.165, 1.54) is 17.5 Å². The second-order valence-corrected chi connectivity index (χ2v) is 7.75. The van der Waals surface area contributed by atoms with Crippen LogP contribution in [-0.4, -0.2) is 15.0 Å². The van der Waals surface area contributed by atoms with Gasteiger partial charge in [0.15, 0.2) is 0 Å². The molecule has 0 radical (unpaired) electrons. The lowest BCUT2D eigenvalue weighted by molar-refractivity contribution is 0.591. The maximum absolute atomic E-state index is 11.9. The molecular formula is C26H24N4O. The van der Waals surface area contributed by atoms with Crippen LogP contribution in [-0.2, 0) is 0 Å². The Balaban J connectivity index is 1.71. The molecule has 2 atom stereocenters. The molecule has 0 aliphatic rings. The molecule has 2 heterocycles. The fraction of sp³-hybridized carbons (Fsp3) is 0.192. The van der Waals surface area contributed by atoms with Gasteiger partial charge in [-0.2, -0.15) is 4.91 Å². The fourth-order valence-corrected chi connectivity index (χ4v) is 4.01. The third-order valence-electron chi connectivity index (χ3n) is 5.66. The van der Waals surface area contributed by atoms with E-state index in [0.717, 1.165) is 27.9 Å². The Morgan fingerprint density at radius 3 is 2.29 bits per heavy atom. The summed E-state index contributed by atoms with van der Waals surface area (Å²) < 4.78 is 0. The highest BCUT2D eigenvalue weighted by atomic mass is 16.3. The topological polar surface area (TPSA) is 68.1 Å². The van der Waals surface area contributed by atoms with Crippen LogP contribution < -0.4 is 0 Å². The van der Waals surface area contributed by atoms with E-state index in [4.69, 9.17) is 0 Å². The summed E-state index contributed by atoms with van der Waals surface area (Å²) in [6, 6.07) is 20.1. The smallest absolute Gasteiger partial charge is 0.118 e. The molecule has 4 rings (SSSR count). The Kier molecular flexibility index (Phi) is 6.22. The van der Waals surface area contributed by atoms with Crippen molar-refractivity contribution >= 4 is 0 Å². The van der Waals surface area contributed by atoms with E-state index in [9.17, 15) is 4.91 Å². The molecule has 0 aliphatic carbocycles. The van der Waals surface area contributed by atoms with Crippen molar-refractivity contribution in [3.63, 3.8) is 0 Å². The van der Waals surface area contributed by atoms with Crippen molar-refractivity contribution in [1.29, 1.82) is 0 Å². The van der Waals surface area contributed by atoms with Gasteiger partial charge in [0.1, 0.15) is 12.4 Å². The number of nitroso groups, excluding NO2 is 1. The van der Waals surface area contributed by atoms with Crippen LogP contribution >= 0.6 is 0 Å². The molecule has 0 bridgehead atoms. The second-order valence-electron chi connectivity index (χ2n) is 7.75. The van der Waals surface area contributed by atoms with E-state index < -0.39 is 6.04 Å². The van der Waals surface area contributed by atoms with Gasteiger partial charge in [-0.1, -0.05) is 53.7 Å². The third kappa shape index (κ3) is 4.72. The van der Waals surface area contributed by atoms with E-state index in [1.807, 2.05) is 31.2 Å². The molecule has 2 aromatic carbocycles. The van der Waals surface area contributed by atoms with Crippen molar-refractivity contribution in [2.75, 3.05) is 0 Å². The minimum atomic E-state index is -0.450. The second kappa shape index (κ2) is 9.39. The van der Waals surface area contributed by atoms with Crippen LogP contribution in [0, 0.1) is 18.8 Å². The number of aromatic nitrogens is 3. The standard InChI is InChI=1S/C26H24N4O/c1-18-5-3-4-6-24(18)25(14-26(30-31)22-11-12-29-19(2)13-22)21-9-7-20(8-10-21)23-15-27-17-28-16-23/h3-13,15-17,25-26H,14H2,1-2H3. The molecule has 0 fully saturated rings. The van der Waals surface area contributed by atoms with E-state index in [0.29, 0.717) is 6.42 Å². The van der Waals surface area contributed by atoms with Gasteiger partial charge >= 0.3 is 0 Å². The first-order chi connectivity index (χ1) is 15.2. The van der Waals surface area contributed by atoms with Gasteiger partial charge in [0, 0.05) is 35.8 Å². The molecule has 0 spiro atoms. The maximum atomic E-state index is 11.9. The third-order valence-corrected chi connectivity index (χ3v) is 5.66. The molecule has 0 amide bonds. The molecule has 154 valence electrons. The lowest BCUT2D eigenvalue weighted by Crippen LogP contribution is -2.09. The summed E-state index contributed by atoms with van der Waals surface area (Å²) >= 11 is 0. The SMILES string of the molecule is Cc1cc(C(CC(c2ccc(-c3cncnc3)cc2)c2ccccc2C)N=O)ccn1. The highest BCUT2D eigenvalue weighted by Crippen LogP contribution is 2.37. The van der Waals surface area contributed by atoms with Gasteiger partial charge in [-0.05, 0) is 60.2 Å². The van der Waals surface area contributed by atoms with Gasteiger partial charge in [0.05, 0.1) is 0 Å². The highest BCUT2D eigenvalue weighted by Gasteiger charge is 2.23. The molecule has 2 unspecified atom stereocenters. The Morgan fingerprint density at radius 2 is 1.61 bits per heavy atom. The van der Waals surface area contributed by atoms with Crippen LogP contribution in [0.3, 0.4) is 0 Å². The molecule has 0 aliphatic heterocycles. The van der Waals surface area contributed by atoms with Crippen LogP contribution in [0.4, 0.5) is 0 Å². The number of benzene rings is 2. The molecule has 2 aromatic heterocycles. The zero-order valence-corrected chi connectivity index (χ0v) is 17.6. The van der Waals surface area contributed by atoms with E-state index in [1.54, 1.807) is 18.6 Å². The first kappa shape index (κ1) is 20.5. The molecule has 5 heteroatoms. The van der Waals surface area contributed by atoms with Crippen molar-refractivity contribution in [3.05, 3.63) is 118 Å². The molecule has 0 saturated heterocycles. The van der Waals surface area contributed by atoms with Gasteiger partial charge < -0.3 is 0 Å². The molecule has 5 nitrogen and oxygen atoms in total. The van der Waals surface area contributed by atoms with E-state index in [2.05, 4.69) is 63.5 Å². The first-order valence-corrected chi connectivity index (χ1v) is 10.3. The lowest BCUT2D eigenvalue weighted by Gasteiger charge is -2.23. The van der Waals surface area contributed by atoms with Gasteiger partial charge in [-0.15, -0.1) is 0 Å². The summed E-state index contributed by atoms with van der Waals surface area (Å²) in [6.07, 6.45) is 7.46. The van der Waals surface area contributed by atoms with Gasteiger partial charge in [-0.25, -0.2) is 9.97 Å². The van der Waals surface area contributed by atoms with E-state index in [-0.39, 0.29) is 5.92 Å². The first-order valence-electron chi connectivity index (χ1n) is 10.3. The van der Waals surface area contributed by atoms with Crippen LogP contribution in [0.15, 0.2) is 90.8 Å². The van der Waals surface area contributed by atoms with Gasteiger partial charge in [0.25, 0.3) is 0 Å². The summed E-state index contributed by atoms with van der Waals surface area (Å²) in [5.74, 6) is 0.0402. The normalized spacial score (nSPS) is 12.8. The maximum Gasteiger partial charge on any atom is 0.118 e. The molecular weight excluding hydrogens is 384 g/mol. The zero-order chi connectivity index (χ0) is 21.6. The van der Waals surface area contributed by atoms with E-state index >= 15 is 0 Å². The Labute approximate surface area is 182 Å². The average Bonchev–Trinajstić information content (AvgIpc) is 2.81. The Bertz CT molecular complexity index is 1160. The van der Waals surface area contributed by atoms with Crippen molar-refractivity contribution in [2.24, 2.45) is 5.18 Å². The van der Waals surface area contributed by atoms with Crippen molar-refractivity contribution in [2.45, 2.75) is 32.2 Å². The van der Waals surface area contributed by atoms with Crippen molar-refractivity contribution in [3.8, 4) is 11.1 Å². The molecule has 0 N–H and O–H groups in total. The largest absolute Gasteiger partial charge is 0.262 e. The quantitative estimate of drug-likeness (QED) is 0.342. The summed E-state index contributed by atoms with van der Waals surface area (Å²) in [7, 11) is 0. The van der Waals surface area contributed by atoms with Gasteiger partial charge in [-0.3, -0.25) is 4.98 Å². The van der Waals surface area contributed by atoms with Crippen LogP contribution in [0.25, 0.3) is 11.1 Å². The molecule has 0 saturated carbocycles. The summed E-state index contributed by atoms with van der Waals surface area (Å²) in [5, 5.41) is 3.49. The molecule has 31 heavy (non-hydrogen) atoms. The zero-order valence-electron chi connectivity index (χ0n) is 17.6. The monoisotopic (exact) mass is 408 g/mol. The minimum Gasteiger partial charge on any atom is -0.262 e. The number of rotatable bonds is 7. The average molecular weight is 409 g/mol.